The van der Waals surface area contributed by atoms with Crippen molar-refractivity contribution in [3.8, 4) is 0 Å². The van der Waals surface area contributed by atoms with Crippen molar-refractivity contribution < 1.29 is 4.74 Å². The molecule has 0 amide bonds. The first-order valence-corrected chi connectivity index (χ1v) is 6.18. The molecule has 0 bridgehead atoms. The summed E-state index contributed by atoms with van der Waals surface area (Å²) in [6.07, 6.45) is 2.91. The summed E-state index contributed by atoms with van der Waals surface area (Å²) in [6, 6.07) is 7.80. The topological polar surface area (TPSA) is 76.8 Å². The van der Waals surface area contributed by atoms with Crippen molar-refractivity contribution >= 4 is 5.69 Å². The van der Waals surface area contributed by atoms with Gasteiger partial charge in [0, 0.05) is 18.7 Å². The summed E-state index contributed by atoms with van der Waals surface area (Å²) in [7, 11) is 0. The second kappa shape index (κ2) is 4.78. The number of hydrogen-bond acceptors (Lipinski definition) is 4. The number of nitrogen functional groups attached to an aromatic ring is 1. The van der Waals surface area contributed by atoms with Crippen molar-refractivity contribution in [2.45, 2.75) is 25.4 Å². The molecule has 1 aromatic heterocycles. The minimum atomic E-state index is 0.0708. The zero-order valence-electron chi connectivity index (χ0n) is 10.1. The van der Waals surface area contributed by atoms with Gasteiger partial charge in [-0.15, -0.1) is 0 Å². The standard InChI is InChI=1S/C13H16N4O/c14-10-5-3-9(4-6-10)8-12-15-13(17-16-12)11-2-1-7-18-11/h3-6,11H,1-2,7-8,14H2,(H,15,16,17). The van der Waals surface area contributed by atoms with Gasteiger partial charge < -0.3 is 10.5 Å². The lowest BCUT2D eigenvalue weighted by atomic mass is 10.1. The maximum atomic E-state index is 5.65. The van der Waals surface area contributed by atoms with E-state index in [2.05, 4.69) is 15.2 Å². The highest BCUT2D eigenvalue weighted by Crippen LogP contribution is 2.25. The molecule has 94 valence electrons. The van der Waals surface area contributed by atoms with Crippen LogP contribution in [0.4, 0.5) is 5.69 Å². The zero-order chi connectivity index (χ0) is 12.4. The van der Waals surface area contributed by atoms with Crippen LogP contribution in [0.3, 0.4) is 0 Å². The molecule has 5 heteroatoms. The molecule has 1 saturated heterocycles. The molecule has 1 aliphatic heterocycles. The fourth-order valence-corrected chi connectivity index (χ4v) is 2.14. The number of benzene rings is 1. The fourth-order valence-electron chi connectivity index (χ4n) is 2.14. The van der Waals surface area contributed by atoms with E-state index in [4.69, 9.17) is 10.5 Å². The SMILES string of the molecule is Nc1ccc(Cc2nc(C3CCCO3)n[nH]2)cc1. The molecule has 2 heterocycles. The van der Waals surface area contributed by atoms with Crippen LogP contribution in [-0.2, 0) is 11.2 Å². The molecule has 3 rings (SSSR count). The molecule has 0 saturated carbocycles. The summed E-state index contributed by atoms with van der Waals surface area (Å²) < 4.78 is 5.56. The maximum absolute atomic E-state index is 5.65. The average Bonchev–Trinajstić information content (AvgIpc) is 3.02. The Morgan fingerprint density at radius 2 is 2.17 bits per heavy atom. The van der Waals surface area contributed by atoms with Crippen LogP contribution in [0.2, 0.25) is 0 Å². The van der Waals surface area contributed by atoms with Crippen LogP contribution < -0.4 is 5.73 Å². The molecule has 0 radical (unpaired) electrons. The highest BCUT2D eigenvalue weighted by molar-refractivity contribution is 5.39. The molecule has 18 heavy (non-hydrogen) atoms. The lowest BCUT2D eigenvalue weighted by Gasteiger charge is -2.02. The van der Waals surface area contributed by atoms with Gasteiger partial charge in [-0.25, -0.2) is 4.98 Å². The molecule has 3 N–H and O–H groups in total. The highest BCUT2D eigenvalue weighted by Gasteiger charge is 2.21. The number of nitrogens with zero attached hydrogens (tertiary/aromatic N) is 2. The Bertz CT molecular complexity index is 514. The summed E-state index contributed by atoms with van der Waals surface area (Å²) in [4.78, 5) is 4.49. The lowest BCUT2D eigenvalue weighted by molar-refractivity contribution is 0.105. The summed E-state index contributed by atoms with van der Waals surface area (Å²) in [5, 5.41) is 7.20. The Morgan fingerprint density at radius 1 is 1.33 bits per heavy atom. The van der Waals surface area contributed by atoms with Gasteiger partial charge in [-0.1, -0.05) is 12.1 Å². The van der Waals surface area contributed by atoms with Crippen molar-refractivity contribution in [2.24, 2.45) is 0 Å². The molecule has 0 spiro atoms. The van der Waals surface area contributed by atoms with E-state index in [1.165, 1.54) is 5.56 Å². The van der Waals surface area contributed by atoms with Crippen molar-refractivity contribution in [1.29, 1.82) is 0 Å². The van der Waals surface area contributed by atoms with Crippen LogP contribution in [0.5, 0.6) is 0 Å². The fraction of sp³-hybridized carbons (Fsp3) is 0.385. The zero-order valence-corrected chi connectivity index (χ0v) is 10.1. The first kappa shape index (κ1) is 11.2. The van der Waals surface area contributed by atoms with Gasteiger partial charge in [0.25, 0.3) is 0 Å². The van der Waals surface area contributed by atoms with Crippen LogP contribution in [0, 0.1) is 0 Å². The summed E-state index contributed by atoms with van der Waals surface area (Å²) in [5.74, 6) is 1.64. The van der Waals surface area contributed by atoms with E-state index in [1.807, 2.05) is 24.3 Å². The van der Waals surface area contributed by atoms with Gasteiger partial charge in [0.15, 0.2) is 5.82 Å². The number of anilines is 1. The van der Waals surface area contributed by atoms with E-state index in [0.29, 0.717) is 0 Å². The highest BCUT2D eigenvalue weighted by atomic mass is 16.5. The quantitative estimate of drug-likeness (QED) is 0.807. The third-order valence-corrected chi connectivity index (χ3v) is 3.12. The van der Waals surface area contributed by atoms with Gasteiger partial charge in [0.2, 0.25) is 0 Å². The average molecular weight is 244 g/mol. The lowest BCUT2D eigenvalue weighted by Crippen LogP contribution is -1.98. The van der Waals surface area contributed by atoms with E-state index in [1.54, 1.807) is 0 Å². The molecule has 1 fully saturated rings. The number of rotatable bonds is 3. The molecule has 1 atom stereocenters. The molecule has 1 aliphatic rings. The normalized spacial score (nSPS) is 19.2. The number of H-pyrrole nitrogens is 1. The first-order valence-electron chi connectivity index (χ1n) is 6.18. The Hall–Kier alpha value is -1.88. The van der Waals surface area contributed by atoms with Crippen LogP contribution in [0.15, 0.2) is 24.3 Å². The van der Waals surface area contributed by atoms with Gasteiger partial charge in [0.05, 0.1) is 0 Å². The predicted octanol–water partition coefficient (Wildman–Crippen LogP) is 1.83. The largest absolute Gasteiger partial charge is 0.399 e. The number of aromatic amines is 1. The molecule has 1 aromatic carbocycles. The van der Waals surface area contributed by atoms with Crippen LogP contribution in [0.25, 0.3) is 0 Å². The smallest absolute Gasteiger partial charge is 0.179 e. The van der Waals surface area contributed by atoms with Gasteiger partial charge in [-0.05, 0) is 30.5 Å². The number of hydrogen-bond donors (Lipinski definition) is 2. The Morgan fingerprint density at radius 3 is 2.89 bits per heavy atom. The molecule has 0 aliphatic carbocycles. The van der Waals surface area contributed by atoms with Crippen molar-refractivity contribution in [2.75, 3.05) is 12.3 Å². The van der Waals surface area contributed by atoms with Gasteiger partial charge in [-0.3, -0.25) is 5.10 Å². The van der Waals surface area contributed by atoms with E-state index < -0.39 is 0 Å². The molecule has 1 unspecified atom stereocenters. The Balaban J connectivity index is 1.71. The van der Waals surface area contributed by atoms with Gasteiger partial charge >= 0.3 is 0 Å². The van der Waals surface area contributed by atoms with Crippen LogP contribution in [0.1, 0.15) is 36.2 Å². The van der Waals surface area contributed by atoms with Crippen molar-refractivity contribution in [3.63, 3.8) is 0 Å². The van der Waals surface area contributed by atoms with E-state index >= 15 is 0 Å². The summed E-state index contributed by atoms with van der Waals surface area (Å²) in [6.45, 7) is 0.812. The van der Waals surface area contributed by atoms with Gasteiger partial charge in [-0.2, -0.15) is 5.10 Å². The molecule has 2 aromatic rings. The maximum Gasteiger partial charge on any atom is 0.179 e. The summed E-state index contributed by atoms with van der Waals surface area (Å²) in [5.41, 5.74) is 7.59. The third kappa shape index (κ3) is 2.36. The van der Waals surface area contributed by atoms with Crippen LogP contribution >= 0.6 is 0 Å². The van der Waals surface area contributed by atoms with E-state index in [0.717, 1.165) is 43.2 Å². The molecular formula is C13H16N4O. The predicted molar refractivity (Wildman–Crippen MR) is 68.0 cm³/mol. The first-order chi connectivity index (χ1) is 8.81. The van der Waals surface area contributed by atoms with E-state index in [-0.39, 0.29) is 6.10 Å². The van der Waals surface area contributed by atoms with Crippen molar-refractivity contribution in [3.05, 3.63) is 41.5 Å². The van der Waals surface area contributed by atoms with Gasteiger partial charge in [0.1, 0.15) is 11.9 Å². The molecular weight excluding hydrogens is 228 g/mol. The number of nitrogens with one attached hydrogen (secondary N) is 1. The van der Waals surface area contributed by atoms with Crippen molar-refractivity contribution in [1.82, 2.24) is 15.2 Å². The number of nitrogens with two attached hydrogens (primary N) is 1. The second-order valence-electron chi connectivity index (χ2n) is 4.56. The minimum Gasteiger partial charge on any atom is -0.399 e. The molecule has 5 nitrogen and oxygen atoms in total. The third-order valence-electron chi connectivity index (χ3n) is 3.12. The minimum absolute atomic E-state index is 0.0708. The monoisotopic (exact) mass is 244 g/mol. The summed E-state index contributed by atoms with van der Waals surface area (Å²) >= 11 is 0. The van der Waals surface area contributed by atoms with Crippen LogP contribution in [-0.4, -0.2) is 21.8 Å². The van der Waals surface area contributed by atoms with E-state index in [9.17, 15) is 0 Å². The Kier molecular flexibility index (Phi) is 2.98. The Labute approximate surface area is 105 Å². The number of ether oxygens (including phenoxy) is 1. The second-order valence-corrected chi connectivity index (χ2v) is 4.56. The number of aromatic nitrogens is 3.